The molecule has 3 nitrogen and oxygen atoms in total. The lowest BCUT2D eigenvalue weighted by Gasteiger charge is -2.20. The number of allylic oxidation sites excluding steroid dienone is 5. The molecular weight excluding hydrogens is 285 g/mol. The molecule has 19 heavy (non-hydrogen) atoms. The highest BCUT2D eigenvalue weighted by molar-refractivity contribution is 6.40. The first-order valence-electron chi connectivity index (χ1n) is 5.67. The van der Waals surface area contributed by atoms with E-state index in [0.717, 1.165) is 0 Å². The van der Waals surface area contributed by atoms with Crippen LogP contribution in [-0.4, -0.2) is 11.6 Å². The van der Waals surface area contributed by atoms with Gasteiger partial charge in [0.05, 0.1) is 28.5 Å². The van der Waals surface area contributed by atoms with E-state index in [1.165, 1.54) is 12.2 Å². The molecule has 0 saturated heterocycles. The number of ether oxygens (including phenoxy) is 1. The van der Waals surface area contributed by atoms with Gasteiger partial charge in [-0.3, -0.25) is 4.79 Å². The molecule has 1 atom stereocenters. The van der Waals surface area contributed by atoms with E-state index in [9.17, 15) is 4.79 Å². The lowest BCUT2D eigenvalue weighted by atomic mass is 10.1. The number of nitriles is 1. The fourth-order valence-corrected chi connectivity index (χ4v) is 1.53. The molecule has 0 heterocycles. The highest BCUT2D eigenvalue weighted by atomic mass is 35.5. The summed E-state index contributed by atoms with van der Waals surface area (Å²) in [7, 11) is 0. The van der Waals surface area contributed by atoms with Crippen molar-refractivity contribution in [2.24, 2.45) is 5.92 Å². The van der Waals surface area contributed by atoms with E-state index < -0.39 is 17.5 Å². The third kappa shape index (κ3) is 7.71. The van der Waals surface area contributed by atoms with Crippen LogP contribution in [0.3, 0.4) is 0 Å². The fourth-order valence-electron chi connectivity index (χ4n) is 1.14. The largest absolute Gasteiger partial charge is 0.460 e. The summed E-state index contributed by atoms with van der Waals surface area (Å²) in [5, 5.41) is 9.36. The zero-order chi connectivity index (χ0) is 15.1. The van der Waals surface area contributed by atoms with Gasteiger partial charge in [0.15, 0.2) is 0 Å². The molecule has 0 rings (SSSR count). The van der Waals surface area contributed by atoms with Crippen LogP contribution in [0.4, 0.5) is 0 Å². The highest BCUT2D eigenvalue weighted by Crippen LogP contribution is 2.26. The maximum Gasteiger partial charge on any atom is 0.308 e. The molecule has 0 radical (unpaired) electrons. The van der Waals surface area contributed by atoms with Gasteiger partial charge >= 0.3 is 5.97 Å². The molecule has 0 bridgehead atoms. The van der Waals surface area contributed by atoms with Gasteiger partial charge in [-0.05, 0) is 26.8 Å². The van der Waals surface area contributed by atoms with Crippen LogP contribution in [0.15, 0.2) is 34.9 Å². The summed E-state index contributed by atoms with van der Waals surface area (Å²) in [6, 6.07) is 1.94. The van der Waals surface area contributed by atoms with Crippen LogP contribution in [0.25, 0.3) is 0 Å². The number of rotatable bonds is 5. The van der Waals surface area contributed by atoms with Crippen LogP contribution >= 0.6 is 23.2 Å². The second-order valence-electron chi connectivity index (χ2n) is 4.76. The molecule has 0 fully saturated rings. The first-order valence-corrected chi connectivity index (χ1v) is 6.42. The first kappa shape index (κ1) is 17.8. The third-order valence-corrected chi connectivity index (χ3v) is 2.75. The molecule has 0 N–H and O–H groups in total. The molecule has 0 saturated carbocycles. The number of halogens is 2. The van der Waals surface area contributed by atoms with Crippen molar-refractivity contribution in [3.63, 3.8) is 0 Å². The first-order chi connectivity index (χ1) is 8.71. The SMILES string of the molecule is C=C/C=C\C(Cl)=C(/Cl)C(C#N)CC(=O)OC(C)(C)C. The monoisotopic (exact) mass is 301 g/mol. The molecule has 0 aromatic heterocycles. The second kappa shape index (κ2) is 8.04. The van der Waals surface area contributed by atoms with Gasteiger partial charge < -0.3 is 4.74 Å². The lowest BCUT2D eigenvalue weighted by molar-refractivity contribution is -0.155. The quantitative estimate of drug-likeness (QED) is 0.562. The third-order valence-electron chi connectivity index (χ3n) is 1.86. The van der Waals surface area contributed by atoms with E-state index in [0.29, 0.717) is 0 Å². The molecule has 0 aliphatic rings. The zero-order valence-electron chi connectivity index (χ0n) is 11.2. The average Bonchev–Trinajstić information content (AvgIpc) is 2.29. The van der Waals surface area contributed by atoms with Crippen molar-refractivity contribution in [3.8, 4) is 6.07 Å². The Morgan fingerprint density at radius 1 is 1.47 bits per heavy atom. The minimum Gasteiger partial charge on any atom is -0.460 e. The summed E-state index contributed by atoms with van der Waals surface area (Å²) < 4.78 is 5.13. The van der Waals surface area contributed by atoms with E-state index in [-0.39, 0.29) is 16.5 Å². The van der Waals surface area contributed by atoms with Gasteiger partial charge in [0.2, 0.25) is 0 Å². The van der Waals surface area contributed by atoms with Crippen molar-refractivity contribution >= 4 is 29.2 Å². The number of carbonyl (C=O) groups is 1. The molecule has 0 spiro atoms. The minimum atomic E-state index is -0.821. The molecule has 0 amide bonds. The standard InChI is InChI=1S/C14H17Cl2NO2/c1-5-6-7-11(15)13(16)10(9-17)8-12(18)19-14(2,3)4/h5-7,10H,1,8H2,2-4H3/b7-6-,13-11+. The summed E-state index contributed by atoms with van der Waals surface area (Å²) in [5.41, 5.74) is -0.597. The van der Waals surface area contributed by atoms with Crippen molar-refractivity contribution < 1.29 is 9.53 Å². The van der Waals surface area contributed by atoms with Crippen LogP contribution in [0, 0.1) is 17.2 Å². The van der Waals surface area contributed by atoms with Crippen molar-refractivity contribution in [3.05, 3.63) is 34.9 Å². The van der Waals surface area contributed by atoms with Crippen LogP contribution < -0.4 is 0 Å². The summed E-state index contributed by atoms with van der Waals surface area (Å²) in [6.45, 7) is 8.76. The molecular formula is C14H17Cl2NO2. The van der Waals surface area contributed by atoms with E-state index in [1.807, 2.05) is 6.07 Å². The summed E-state index contributed by atoms with van der Waals surface area (Å²) >= 11 is 11.9. The highest BCUT2D eigenvalue weighted by Gasteiger charge is 2.23. The van der Waals surface area contributed by atoms with Gasteiger partial charge in [0, 0.05) is 0 Å². The Kier molecular flexibility index (Phi) is 7.51. The maximum absolute atomic E-state index is 11.6. The second-order valence-corrected chi connectivity index (χ2v) is 5.58. The molecule has 0 aromatic rings. The van der Waals surface area contributed by atoms with Crippen LogP contribution in [-0.2, 0) is 9.53 Å². The van der Waals surface area contributed by atoms with Gasteiger partial charge in [-0.25, -0.2) is 0 Å². The molecule has 1 unspecified atom stereocenters. The molecule has 0 aromatic carbocycles. The van der Waals surface area contributed by atoms with Crippen LogP contribution in [0.5, 0.6) is 0 Å². The van der Waals surface area contributed by atoms with Gasteiger partial charge in [0.25, 0.3) is 0 Å². The van der Waals surface area contributed by atoms with Crippen molar-refractivity contribution in [2.45, 2.75) is 32.8 Å². The van der Waals surface area contributed by atoms with Crippen LogP contribution in [0.1, 0.15) is 27.2 Å². The number of esters is 1. The summed E-state index contributed by atoms with van der Waals surface area (Å²) in [4.78, 5) is 11.6. The van der Waals surface area contributed by atoms with E-state index in [4.69, 9.17) is 33.2 Å². The molecule has 104 valence electrons. The smallest absolute Gasteiger partial charge is 0.308 e. The topological polar surface area (TPSA) is 50.1 Å². The summed E-state index contributed by atoms with van der Waals surface area (Å²) in [6.07, 6.45) is 4.50. The van der Waals surface area contributed by atoms with Crippen molar-refractivity contribution in [1.82, 2.24) is 0 Å². The zero-order valence-corrected chi connectivity index (χ0v) is 12.8. The lowest BCUT2D eigenvalue weighted by Crippen LogP contribution is -2.25. The van der Waals surface area contributed by atoms with Gasteiger partial charge in [0.1, 0.15) is 5.60 Å². The number of hydrogen-bond acceptors (Lipinski definition) is 3. The summed E-state index contributed by atoms with van der Waals surface area (Å²) in [5.74, 6) is -1.31. The predicted molar refractivity (Wildman–Crippen MR) is 77.6 cm³/mol. The van der Waals surface area contributed by atoms with Crippen molar-refractivity contribution in [2.75, 3.05) is 0 Å². The molecule has 5 heteroatoms. The Bertz CT molecular complexity index is 439. The number of hydrogen-bond donors (Lipinski definition) is 0. The number of nitrogens with zero attached hydrogens (tertiary/aromatic N) is 1. The van der Waals surface area contributed by atoms with E-state index >= 15 is 0 Å². The van der Waals surface area contributed by atoms with Crippen molar-refractivity contribution in [1.29, 1.82) is 5.26 Å². The van der Waals surface area contributed by atoms with Gasteiger partial charge in [-0.1, -0.05) is 41.9 Å². The Labute approximate surface area is 124 Å². The minimum absolute atomic E-state index is 0.119. The molecule has 0 aliphatic heterocycles. The maximum atomic E-state index is 11.6. The number of carbonyl (C=O) groups excluding carboxylic acids is 1. The van der Waals surface area contributed by atoms with Gasteiger partial charge in [-0.15, -0.1) is 0 Å². The Balaban J connectivity index is 4.86. The normalized spacial score (nSPS) is 14.5. The van der Waals surface area contributed by atoms with Crippen LogP contribution in [0.2, 0.25) is 0 Å². The Morgan fingerprint density at radius 3 is 2.47 bits per heavy atom. The predicted octanol–water partition coefficient (Wildman–Crippen LogP) is 4.29. The van der Waals surface area contributed by atoms with E-state index in [1.54, 1.807) is 26.8 Å². The Hall–Kier alpha value is -1.24. The van der Waals surface area contributed by atoms with E-state index in [2.05, 4.69) is 6.58 Å². The van der Waals surface area contributed by atoms with Gasteiger partial charge in [-0.2, -0.15) is 5.26 Å². The average molecular weight is 302 g/mol. The Morgan fingerprint density at radius 2 is 2.05 bits per heavy atom. The fraction of sp³-hybridized carbons (Fsp3) is 0.429. The molecule has 0 aliphatic carbocycles.